The van der Waals surface area contributed by atoms with E-state index in [1.165, 1.54) is 5.56 Å². The van der Waals surface area contributed by atoms with E-state index in [9.17, 15) is 4.39 Å². The van der Waals surface area contributed by atoms with Crippen molar-refractivity contribution in [2.24, 2.45) is 0 Å². The average molecular weight is 229 g/mol. The van der Waals surface area contributed by atoms with E-state index < -0.39 is 0 Å². The normalized spacial score (nSPS) is 21.1. The van der Waals surface area contributed by atoms with Crippen molar-refractivity contribution in [1.29, 1.82) is 0 Å². The zero-order valence-electron chi connectivity index (χ0n) is 6.90. The summed E-state index contributed by atoms with van der Waals surface area (Å²) in [5.74, 6) is 0.345. The molecule has 1 aromatic rings. The maximum atomic E-state index is 13.4. The monoisotopic (exact) mass is 228 g/mol. The highest BCUT2D eigenvalue weighted by molar-refractivity contribution is 9.10. The van der Waals surface area contributed by atoms with Gasteiger partial charge in [0.15, 0.2) is 0 Å². The topological polar surface area (TPSA) is 0 Å². The van der Waals surface area contributed by atoms with Crippen LogP contribution in [0.2, 0.25) is 0 Å². The second-order valence-electron chi connectivity index (χ2n) is 3.40. The van der Waals surface area contributed by atoms with Crippen molar-refractivity contribution >= 4 is 15.9 Å². The molecule has 0 nitrogen and oxygen atoms in total. The van der Waals surface area contributed by atoms with Crippen LogP contribution in [-0.2, 0) is 6.42 Å². The lowest BCUT2D eigenvalue weighted by molar-refractivity contribution is 0.595. The molecule has 1 aliphatic rings. The van der Waals surface area contributed by atoms with Crippen LogP contribution in [0.4, 0.5) is 4.39 Å². The van der Waals surface area contributed by atoms with Gasteiger partial charge in [0.05, 0.1) is 0 Å². The smallest absolute Gasteiger partial charge is 0.128 e. The molecule has 0 bridgehead atoms. The summed E-state index contributed by atoms with van der Waals surface area (Å²) in [6.45, 7) is 2.09. The van der Waals surface area contributed by atoms with Crippen LogP contribution < -0.4 is 0 Å². The first kappa shape index (κ1) is 8.24. The second kappa shape index (κ2) is 2.84. The maximum absolute atomic E-state index is 13.4. The first-order valence-electron chi connectivity index (χ1n) is 4.16. The van der Waals surface area contributed by atoms with E-state index in [1.54, 1.807) is 6.07 Å². The lowest BCUT2D eigenvalue weighted by atomic mass is 10.0. The molecule has 2 rings (SSSR count). The van der Waals surface area contributed by atoms with E-state index >= 15 is 0 Å². The lowest BCUT2D eigenvalue weighted by Gasteiger charge is -2.05. The summed E-state index contributed by atoms with van der Waals surface area (Å²) in [7, 11) is 0. The molecule has 0 saturated carbocycles. The van der Waals surface area contributed by atoms with Gasteiger partial charge in [-0.3, -0.25) is 0 Å². The summed E-state index contributed by atoms with van der Waals surface area (Å²) in [5.41, 5.74) is 2.10. The summed E-state index contributed by atoms with van der Waals surface area (Å²) in [5, 5.41) is 0. The highest BCUT2D eigenvalue weighted by Crippen LogP contribution is 2.36. The number of halogens is 2. The summed E-state index contributed by atoms with van der Waals surface area (Å²) in [4.78, 5) is 0. The summed E-state index contributed by atoms with van der Waals surface area (Å²) in [6, 6.07) is 3.59. The van der Waals surface area contributed by atoms with E-state index in [-0.39, 0.29) is 5.82 Å². The Morgan fingerprint density at radius 1 is 1.50 bits per heavy atom. The van der Waals surface area contributed by atoms with Gasteiger partial charge in [0.25, 0.3) is 0 Å². The minimum absolute atomic E-state index is 0.0515. The van der Waals surface area contributed by atoms with Crippen LogP contribution >= 0.6 is 15.9 Å². The van der Waals surface area contributed by atoms with Gasteiger partial charge < -0.3 is 0 Å². The number of fused-ring (bicyclic) bond motifs is 1. The zero-order chi connectivity index (χ0) is 8.72. The quantitative estimate of drug-likeness (QED) is 0.637. The van der Waals surface area contributed by atoms with Crippen LogP contribution in [0, 0.1) is 5.82 Å². The largest absolute Gasteiger partial charge is 0.207 e. The second-order valence-corrected chi connectivity index (χ2v) is 4.32. The van der Waals surface area contributed by atoms with Crippen molar-refractivity contribution in [3.63, 3.8) is 0 Å². The Morgan fingerprint density at radius 3 is 3.00 bits per heavy atom. The molecule has 0 fully saturated rings. The van der Waals surface area contributed by atoms with Crippen molar-refractivity contribution in [1.82, 2.24) is 0 Å². The Labute approximate surface area is 79.9 Å². The third-order valence-electron chi connectivity index (χ3n) is 2.52. The fourth-order valence-corrected chi connectivity index (χ4v) is 2.39. The average Bonchev–Trinajstić information content (AvgIpc) is 2.31. The fourth-order valence-electron chi connectivity index (χ4n) is 1.91. The number of hydrogen-bond acceptors (Lipinski definition) is 0. The number of hydrogen-bond donors (Lipinski definition) is 0. The van der Waals surface area contributed by atoms with E-state index in [1.807, 2.05) is 6.07 Å². The predicted octanol–water partition coefficient (Wildman–Crippen LogP) is 3.64. The van der Waals surface area contributed by atoms with Crippen molar-refractivity contribution in [3.8, 4) is 0 Å². The Morgan fingerprint density at radius 2 is 2.25 bits per heavy atom. The summed E-state index contributed by atoms with van der Waals surface area (Å²) >= 11 is 3.30. The molecule has 0 aromatic heterocycles. The lowest BCUT2D eigenvalue weighted by Crippen LogP contribution is -1.92. The zero-order valence-corrected chi connectivity index (χ0v) is 8.49. The molecule has 1 aromatic carbocycles. The minimum atomic E-state index is -0.0515. The van der Waals surface area contributed by atoms with E-state index in [2.05, 4.69) is 22.9 Å². The maximum Gasteiger partial charge on any atom is 0.128 e. The first-order valence-corrected chi connectivity index (χ1v) is 4.95. The van der Waals surface area contributed by atoms with Gasteiger partial charge in [-0.25, -0.2) is 4.39 Å². The third-order valence-corrected chi connectivity index (χ3v) is 2.98. The van der Waals surface area contributed by atoms with Crippen molar-refractivity contribution < 1.29 is 4.39 Å². The third kappa shape index (κ3) is 1.18. The van der Waals surface area contributed by atoms with E-state index in [4.69, 9.17) is 0 Å². The molecule has 1 unspecified atom stereocenters. The highest BCUT2D eigenvalue weighted by atomic mass is 79.9. The SMILES string of the molecule is CC1CCc2cc(Br)cc(F)c21. The van der Waals surface area contributed by atoms with Crippen LogP contribution in [-0.4, -0.2) is 0 Å². The van der Waals surface area contributed by atoms with Gasteiger partial charge in [0, 0.05) is 4.47 Å². The summed E-state index contributed by atoms with van der Waals surface area (Å²) in [6.07, 6.45) is 2.11. The molecule has 0 amide bonds. The van der Waals surface area contributed by atoms with Gasteiger partial charge in [-0.15, -0.1) is 0 Å². The molecule has 0 aliphatic heterocycles. The number of aryl methyl sites for hydroxylation is 1. The molecular weight excluding hydrogens is 219 g/mol. The number of rotatable bonds is 0. The molecule has 0 N–H and O–H groups in total. The van der Waals surface area contributed by atoms with Gasteiger partial charge in [-0.05, 0) is 42.0 Å². The Kier molecular flexibility index (Phi) is 1.95. The van der Waals surface area contributed by atoms with Crippen molar-refractivity contribution in [2.75, 3.05) is 0 Å². The van der Waals surface area contributed by atoms with E-state index in [0.29, 0.717) is 5.92 Å². The van der Waals surface area contributed by atoms with Gasteiger partial charge in [0.1, 0.15) is 5.82 Å². The molecule has 0 saturated heterocycles. The molecule has 2 heteroatoms. The Balaban J connectivity index is 2.60. The molecule has 0 heterocycles. The Hall–Kier alpha value is -0.370. The molecule has 0 radical (unpaired) electrons. The van der Waals surface area contributed by atoms with Crippen LogP contribution in [0.15, 0.2) is 16.6 Å². The van der Waals surface area contributed by atoms with Crippen molar-refractivity contribution in [3.05, 3.63) is 33.5 Å². The van der Waals surface area contributed by atoms with E-state index in [0.717, 1.165) is 22.9 Å². The number of benzene rings is 1. The highest BCUT2D eigenvalue weighted by Gasteiger charge is 2.22. The molecular formula is C10H10BrF. The van der Waals surface area contributed by atoms with Crippen LogP contribution in [0.5, 0.6) is 0 Å². The molecule has 1 aliphatic carbocycles. The molecule has 0 spiro atoms. The van der Waals surface area contributed by atoms with Crippen LogP contribution in [0.1, 0.15) is 30.4 Å². The predicted molar refractivity (Wildman–Crippen MR) is 50.8 cm³/mol. The molecule has 12 heavy (non-hydrogen) atoms. The van der Waals surface area contributed by atoms with Gasteiger partial charge in [0.2, 0.25) is 0 Å². The van der Waals surface area contributed by atoms with Crippen molar-refractivity contribution in [2.45, 2.75) is 25.7 Å². The molecule has 1 atom stereocenters. The van der Waals surface area contributed by atoms with Crippen LogP contribution in [0.25, 0.3) is 0 Å². The molecule has 64 valence electrons. The van der Waals surface area contributed by atoms with Gasteiger partial charge in [-0.2, -0.15) is 0 Å². The standard InChI is InChI=1S/C10H10BrF/c1-6-2-3-7-4-8(11)5-9(12)10(6)7/h4-6H,2-3H2,1H3. The fraction of sp³-hybridized carbons (Fsp3) is 0.400. The summed E-state index contributed by atoms with van der Waals surface area (Å²) < 4.78 is 14.2. The Bertz CT molecular complexity index is 320. The minimum Gasteiger partial charge on any atom is -0.207 e. The first-order chi connectivity index (χ1) is 5.68. The van der Waals surface area contributed by atoms with Crippen LogP contribution in [0.3, 0.4) is 0 Å². The van der Waals surface area contributed by atoms with Gasteiger partial charge in [-0.1, -0.05) is 22.9 Å². The van der Waals surface area contributed by atoms with Gasteiger partial charge >= 0.3 is 0 Å².